The van der Waals surface area contributed by atoms with Crippen LogP contribution in [0, 0.1) is 18.6 Å². The Morgan fingerprint density at radius 2 is 1.74 bits per heavy atom. The average Bonchev–Trinajstić information content (AvgIpc) is 2.37. The molecule has 0 aliphatic heterocycles. The van der Waals surface area contributed by atoms with Crippen LogP contribution < -0.4 is 15.2 Å². The first-order valence-electron chi connectivity index (χ1n) is 5.58. The fourth-order valence-electron chi connectivity index (χ4n) is 1.60. The van der Waals surface area contributed by atoms with Crippen molar-refractivity contribution in [2.75, 3.05) is 12.8 Å². The summed E-state index contributed by atoms with van der Waals surface area (Å²) in [6.07, 6.45) is 0. The summed E-state index contributed by atoms with van der Waals surface area (Å²) in [5.41, 5.74) is 6.52. The summed E-state index contributed by atoms with van der Waals surface area (Å²) < 4.78 is 36.9. The summed E-state index contributed by atoms with van der Waals surface area (Å²) >= 11 is 0. The SMILES string of the molecule is COc1cc(Oc2cc(F)ccc2C)c(N)cc1F. The number of hydrogen-bond donors (Lipinski definition) is 1. The standard InChI is InChI=1S/C14H13F2NO2/c1-8-3-4-9(15)5-12(8)19-14-7-13(18-2)10(16)6-11(14)17/h3-7H,17H2,1-2H3. The molecule has 0 saturated heterocycles. The molecule has 0 aromatic heterocycles. The Hall–Kier alpha value is -2.30. The van der Waals surface area contributed by atoms with Crippen LogP contribution in [0.3, 0.4) is 0 Å². The van der Waals surface area contributed by atoms with Crippen LogP contribution >= 0.6 is 0 Å². The van der Waals surface area contributed by atoms with E-state index in [0.29, 0.717) is 5.75 Å². The molecule has 0 aliphatic rings. The van der Waals surface area contributed by atoms with Crippen LogP contribution in [-0.2, 0) is 0 Å². The number of nitrogen functional groups attached to an aromatic ring is 1. The Bertz CT molecular complexity index is 615. The van der Waals surface area contributed by atoms with Crippen molar-refractivity contribution in [3.8, 4) is 17.2 Å². The maximum atomic E-state index is 13.4. The zero-order chi connectivity index (χ0) is 14.0. The highest BCUT2D eigenvalue weighted by molar-refractivity contribution is 5.58. The summed E-state index contributed by atoms with van der Waals surface area (Å²) in [4.78, 5) is 0. The average molecular weight is 265 g/mol. The summed E-state index contributed by atoms with van der Waals surface area (Å²) in [5.74, 6) is -0.456. The number of rotatable bonds is 3. The smallest absolute Gasteiger partial charge is 0.167 e. The van der Waals surface area contributed by atoms with Crippen molar-refractivity contribution in [3.63, 3.8) is 0 Å². The molecule has 0 atom stereocenters. The van der Waals surface area contributed by atoms with Gasteiger partial charge < -0.3 is 15.2 Å². The molecular formula is C14H13F2NO2. The molecule has 2 N–H and O–H groups in total. The molecule has 0 heterocycles. The molecule has 2 aromatic rings. The van der Waals surface area contributed by atoms with Gasteiger partial charge in [-0.15, -0.1) is 0 Å². The van der Waals surface area contributed by atoms with E-state index in [4.69, 9.17) is 15.2 Å². The van der Waals surface area contributed by atoms with Gasteiger partial charge in [0.15, 0.2) is 17.3 Å². The molecule has 3 nitrogen and oxygen atoms in total. The zero-order valence-corrected chi connectivity index (χ0v) is 10.5. The van der Waals surface area contributed by atoms with Gasteiger partial charge in [-0.2, -0.15) is 0 Å². The fraction of sp³-hybridized carbons (Fsp3) is 0.143. The summed E-state index contributed by atoms with van der Waals surface area (Å²) in [6.45, 7) is 1.77. The number of benzene rings is 2. The Morgan fingerprint density at radius 3 is 2.42 bits per heavy atom. The largest absolute Gasteiger partial charge is 0.494 e. The normalized spacial score (nSPS) is 10.3. The van der Waals surface area contributed by atoms with E-state index in [-0.39, 0.29) is 17.2 Å². The Balaban J connectivity index is 2.40. The summed E-state index contributed by atoms with van der Waals surface area (Å²) in [6, 6.07) is 6.58. The van der Waals surface area contributed by atoms with E-state index in [2.05, 4.69) is 0 Å². The first-order valence-corrected chi connectivity index (χ1v) is 5.58. The molecule has 0 aliphatic carbocycles. The van der Waals surface area contributed by atoms with Crippen molar-refractivity contribution in [2.24, 2.45) is 0 Å². The van der Waals surface area contributed by atoms with Crippen LogP contribution in [0.25, 0.3) is 0 Å². The molecule has 0 fully saturated rings. The second-order valence-corrected chi connectivity index (χ2v) is 4.04. The number of methoxy groups -OCH3 is 1. The topological polar surface area (TPSA) is 44.5 Å². The zero-order valence-electron chi connectivity index (χ0n) is 10.5. The van der Waals surface area contributed by atoms with Crippen molar-refractivity contribution >= 4 is 5.69 Å². The Kier molecular flexibility index (Phi) is 3.55. The lowest BCUT2D eigenvalue weighted by Gasteiger charge is -2.12. The minimum atomic E-state index is -0.580. The third-order valence-corrected chi connectivity index (χ3v) is 2.65. The lowest BCUT2D eigenvalue weighted by atomic mass is 10.2. The van der Waals surface area contributed by atoms with E-state index >= 15 is 0 Å². The van der Waals surface area contributed by atoms with Crippen LogP contribution in [0.4, 0.5) is 14.5 Å². The van der Waals surface area contributed by atoms with Crippen molar-refractivity contribution in [1.29, 1.82) is 0 Å². The van der Waals surface area contributed by atoms with Crippen LogP contribution in [0.1, 0.15) is 5.56 Å². The Morgan fingerprint density at radius 1 is 1.00 bits per heavy atom. The maximum Gasteiger partial charge on any atom is 0.167 e. The molecule has 19 heavy (non-hydrogen) atoms. The number of aryl methyl sites for hydroxylation is 1. The quantitative estimate of drug-likeness (QED) is 0.861. The first kappa shape index (κ1) is 13.1. The van der Waals surface area contributed by atoms with Gasteiger partial charge in [0.05, 0.1) is 12.8 Å². The molecule has 0 unspecified atom stereocenters. The molecule has 5 heteroatoms. The highest BCUT2D eigenvalue weighted by Crippen LogP contribution is 2.34. The summed E-state index contributed by atoms with van der Waals surface area (Å²) in [5, 5.41) is 0. The molecule has 0 saturated carbocycles. The number of halogens is 2. The van der Waals surface area contributed by atoms with Gasteiger partial charge in [0.1, 0.15) is 11.6 Å². The maximum absolute atomic E-state index is 13.4. The lowest BCUT2D eigenvalue weighted by molar-refractivity contribution is 0.381. The highest BCUT2D eigenvalue weighted by Gasteiger charge is 2.11. The molecule has 0 spiro atoms. The van der Waals surface area contributed by atoms with E-state index < -0.39 is 11.6 Å². The van der Waals surface area contributed by atoms with Gasteiger partial charge in [0, 0.05) is 18.2 Å². The monoisotopic (exact) mass is 265 g/mol. The van der Waals surface area contributed by atoms with Crippen LogP contribution in [0.2, 0.25) is 0 Å². The van der Waals surface area contributed by atoms with Gasteiger partial charge in [-0.1, -0.05) is 6.07 Å². The second-order valence-electron chi connectivity index (χ2n) is 4.04. The van der Waals surface area contributed by atoms with E-state index in [9.17, 15) is 8.78 Å². The number of anilines is 1. The Labute approximate surface area is 109 Å². The molecule has 100 valence electrons. The third-order valence-electron chi connectivity index (χ3n) is 2.65. The molecule has 2 aromatic carbocycles. The minimum Gasteiger partial charge on any atom is -0.494 e. The number of nitrogens with two attached hydrogens (primary N) is 1. The van der Waals surface area contributed by atoms with Crippen LogP contribution in [0.15, 0.2) is 30.3 Å². The second kappa shape index (κ2) is 5.14. The van der Waals surface area contributed by atoms with Crippen molar-refractivity contribution in [1.82, 2.24) is 0 Å². The van der Waals surface area contributed by atoms with Crippen molar-refractivity contribution in [2.45, 2.75) is 6.92 Å². The third kappa shape index (κ3) is 2.76. The van der Waals surface area contributed by atoms with Gasteiger partial charge in [-0.3, -0.25) is 0 Å². The minimum absolute atomic E-state index is 0.0123. The van der Waals surface area contributed by atoms with Gasteiger partial charge in [-0.05, 0) is 18.6 Å². The van der Waals surface area contributed by atoms with Crippen LogP contribution in [-0.4, -0.2) is 7.11 Å². The van der Waals surface area contributed by atoms with E-state index in [1.165, 1.54) is 25.3 Å². The lowest BCUT2D eigenvalue weighted by Crippen LogP contribution is -1.97. The molecular weight excluding hydrogens is 252 g/mol. The van der Waals surface area contributed by atoms with Gasteiger partial charge in [0.2, 0.25) is 0 Å². The highest BCUT2D eigenvalue weighted by atomic mass is 19.1. The van der Waals surface area contributed by atoms with E-state index in [1.807, 2.05) is 0 Å². The van der Waals surface area contributed by atoms with Crippen molar-refractivity contribution in [3.05, 3.63) is 47.5 Å². The van der Waals surface area contributed by atoms with Crippen molar-refractivity contribution < 1.29 is 18.3 Å². The molecule has 0 radical (unpaired) electrons. The van der Waals surface area contributed by atoms with Gasteiger partial charge in [0.25, 0.3) is 0 Å². The molecule has 0 amide bonds. The van der Waals surface area contributed by atoms with Crippen LogP contribution in [0.5, 0.6) is 17.2 Å². The number of ether oxygens (including phenoxy) is 2. The first-order chi connectivity index (χ1) is 9.01. The fourth-order valence-corrected chi connectivity index (χ4v) is 1.60. The molecule has 0 bridgehead atoms. The number of hydrogen-bond acceptors (Lipinski definition) is 3. The van der Waals surface area contributed by atoms with Gasteiger partial charge >= 0.3 is 0 Å². The molecule has 2 rings (SSSR count). The van der Waals surface area contributed by atoms with E-state index in [1.54, 1.807) is 13.0 Å². The summed E-state index contributed by atoms with van der Waals surface area (Å²) in [7, 11) is 1.34. The predicted octanol–water partition coefficient (Wildman–Crippen LogP) is 3.66. The van der Waals surface area contributed by atoms with Gasteiger partial charge in [-0.25, -0.2) is 8.78 Å². The van der Waals surface area contributed by atoms with E-state index in [0.717, 1.165) is 11.6 Å². The predicted molar refractivity (Wildman–Crippen MR) is 68.6 cm³/mol.